The van der Waals surface area contributed by atoms with Crippen molar-refractivity contribution in [3.63, 3.8) is 0 Å². The first-order valence-corrected chi connectivity index (χ1v) is 6.35. The lowest BCUT2D eigenvalue weighted by atomic mass is 10.00. The summed E-state index contributed by atoms with van der Waals surface area (Å²) >= 11 is 0. The minimum atomic E-state index is 0.685. The molecule has 0 saturated heterocycles. The van der Waals surface area contributed by atoms with Crippen molar-refractivity contribution in [2.75, 3.05) is 0 Å². The van der Waals surface area contributed by atoms with Gasteiger partial charge in [0.25, 0.3) is 0 Å². The Bertz CT molecular complexity index is 707. The van der Waals surface area contributed by atoms with Gasteiger partial charge in [-0.25, -0.2) is 4.98 Å². The molecule has 0 bridgehead atoms. The maximum absolute atomic E-state index is 5.83. The lowest BCUT2D eigenvalue weighted by Crippen LogP contribution is -1.90. The third kappa shape index (κ3) is 2.06. The van der Waals surface area contributed by atoms with Gasteiger partial charge >= 0.3 is 0 Å². The van der Waals surface area contributed by atoms with Gasteiger partial charge in [-0.2, -0.15) is 0 Å². The second kappa shape index (κ2) is 4.73. The molecule has 0 amide bonds. The third-order valence-electron chi connectivity index (χ3n) is 3.33. The minimum Gasteiger partial charge on any atom is -0.436 e. The van der Waals surface area contributed by atoms with Crippen LogP contribution >= 0.6 is 0 Å². The summed E-state index contributed by atoms with van der Waals surface area (Å²) in [6.07, 6.45) is 2.78. The standard InChI is InChI=1S/C17H15NO/c1-3-7-13-8-6-9-14(12(13)2)17-18-15-10-4-5-11-16(15)19-17/h3-6,8-11H,1,7H2,2H3. The minimum absolute atomic E-state index is 0.685. The van der Waals surface area contributed by atoms with Crippen LogP contribution in [0.15, 0.2) is 59.5 Å². The van der Waals surface area contributed by atoms with Crippen LogP contribution < -0.4 is 0 Å². The van der Waals surface area contributed by atoms with E-state index in [1.807, 2.05) is 42.5 Å². The molecule has 0 aliphatic rings. The largest absolute Gasteiger partial charge is 0.436 e. The molecule has 0 fully saturated rings. The van der Waals surface area contributed by atoms with Crippen molar-refractivity contribution in [1.29, 1.82) is 0 Å². The Labute approximate surface area is 112 Å². The monoisotopic (exact) mass is 249 g/mol. The van der Waals surface area contributed by atoms with E-state index >= 15 is 0 Å². The van der Waals surface area contributed by atoms with Crippen LogP contribution in [0, 0.1) is 6.92 Å². The molecule has 0 spiro atoms. The first-order valence-electron chi connectivity index (χ1n) is 6.35. The number of benzene rings is 2. The summed E-state index contributed by atoms with van der Waals surface area (Å²) in [5, 5.41) is 0. The molecule has 0 unspecified atom stereocenters. The van der Waals surface area contributed by atoms with E-state index in [0.717, 1.165) is 23.1 Å². The summed E-state index contributed by atoms with van der Waals surface area (Å²) in [6.45, 7) is 5.90. The Morgan fingerprint density at radius 3 is 2.79 bits per heavy atom. The normalized spacial score (nSPS) is 10.8. The summed E-state index contributed by atoms with van der Waals surface area (Å²) in [4.78, 5) is 4.55. The molecule has 1 heterocycles. The van der Waals surface area contributed by atoms with Crippen LogP contribution in [-0.2, 0) is 6.42 Å². The fourth-order valence-corrected chi connectivity index (χ4v) is 2.28. The summed E-state index contributed by atoms with van der Waals surface area (Å²) in [6, 6.07) is 14.0. The van der Waals surface area contributed by atoms with Crippen molar-refractivity contribution in [1.82, 2.24) is 4.98 Å². The molecule has 0 radical (unpaired) electrons. The first kappa shape index (κ1) is 11.7. The molecule has 94 valence electrons. The van der Waals surface area contributed by atoms with Crippen molar-refractivity contribution < 1.29 is 4.42 Å². The van der Waals surface area contributed by atoms with Gasteiger partial charge in [0.2, 0.25) is 5.89 Å². The van der Waals surface area contributed by atoms with E-state index in [4.69, 9.17) is 4.42 Å². The van der Waals surface area contributed by atoms with Gasteiger partial charge in [0.05, 0.1) is 0 Å². The SMILES string of the molecule is C=CCc1cccc(-c2nc3ccccc3o2)c1C. The first-order chi connectivity index (χ1) is 9.29. The van der Waals surface area contributed by atoms with E-state index in [9.17, 15) is 0 Å². The molecule has 19 heavy (non-hydrogen) atoms. The van der Waals surface area contributed by atoms with Gasteiger partial charge in [-0.15, -0.1) is 6.58 Å². The third-order valence-corrected chi connectivity index (χ3v) is 3.33. The van der Waals surface area contributed by atoms with Crippen LogP contribution in [0.3, 0.4) is 0 Å². The molecule has 0 aliphatic carbocycles. The number of allylic oxidation sites excluding steroid dienone is 1. The molecule has 2 heteroatoms. The van der Waals surface area contributed by atoms with Crippen LogP contribution in [0.2, 0.25) is 0 Å². The van der Waals surface area contributed by atoms with E-state index in [2.05, 4.69) is 24.6 Å². The van der Waals surface area contributed by atoms with Crippen molar-refractivity contribution in [2.45, 2.75) is 13.3 Å². The summed E-state index contributed by atoms with van der Waals surface area (Å²) in [5.74, 6) is 0.685. The predicted molar refractivity (Wildman–Crippen MR) is 78.1 cm³/mol. The molecule has 3 rings (SSSR count). The Kier molecular flexibility index (Phi) is 2.92. The highest BCUT2D eigenvalue weighted by Crippen LogP contribution is 2.28. The topological polar surface area (TPSA) is 26.0 Å². The predicted octanol–water partition coefficient (Wildman–Crippen LogP) is 4.53. The van der Waals surface area contributed by atoms with Crippen LogP contribution in [-0.4, -0.2) is 4.98 Å². The fraction of sp³-hybridized carbons (Fsp3) is 0.118. The highest BCUT2D eigenvalue weighted by atomic mass is 16.3. The van der Waals surface area contributed by atoms with Crippen molar-refractivity contribution in [3.05, 3.63) is 66.2 Å². The van der Waals surface area contributed by atoms with Gasteiger partial charge in [-0.05, 0) is 42.7 Å². The van der Waals surface area contributed by atoms with Crippen molar-refractivity contribution in [2.24, 2.45) is 0 Å². The molecule has 2 aromatic carbocycles. The second-order valence-electron chi connectivity index (χ2n) is 4.57. The Morgan fingerprint density at radius 1 is 1.16 bits per heavy atom. The number of nitrogens with zero attached hydrogens (tertiary/aromatic N) is 1. The molecule has 0 N–H and O–H groups in total. The quantitative estimate of drug-likeness (QED) is 0.637. The van der Waals surface area contributed by atoms with E-state index in [-0.39, 0.29) is 0 Å². The molecular formula is C17H15NO. The molecule has 0 saturated carbocycles. The number of aromatic nitrogens is 1. The molecule has 0 atom stereocenters. The summed E-state index contributed by atoms with van der Waals surface area (Å²) in [7, 11) is 0. The van der Waals surface area contributed by atoms with Crippen LogP contribution in [0.4, 0.5) is 0 Å². The summed E-state index contributed by atoms with van der Waals surface area (Å²) < 4.78 is 5.83. The van der Waals surface area contributed by atoms with Gasteiger partial charge in [-0.3, -0.25) is 0 Å². The van der Waals surface area contributed by atoms with Gasteiger partial charge in [0.15, 0.2) is 5.58 Å². The Morgan fingerprint density at radius 2 is 2.00 bits per heavy atom. The van der Waals surface area contributed by atoms with E-state index < -0.39 is 0 Å². The van der Waals surface area contributed by atoms with Crippen LogP contribution in [0.25, 0.3) is 22.6 Å². The maximum Gasteiger partial charge on any atom is 0.227 e. The number of hydrogen-bond donors (Lipinski definition) is 0. The smallest absolute Gasteiger partial charge is 0.227 e. The summed E-state index contributed by atoms with van der Waals surface area (Å²) in [5.41, 5.74) is 5.23. The molecule has 3 aromatic rings. The number of oxazole rings is 1. The highest BCUT2D eigenvalue weighted by molar-refractivity contribution is 5.76. The van der Waals surface area contributed by atoms with Gasteiger partial charge in [0, 0.05) is 5.56 Å². The Balaban J connectivity index is 2.15. The van der Waals surface area contributed by atoms with Gasteiger partial charge in [-0.1, -0.05) is 30.3 Å². The van der Waals surface area contributed by atoms with Gasteiger partial charge in [0.1, 0.15) is 5.52 Å². The highest BCUT2D eigenvalue weighted by Gasteiger charge is 2.11. The Hall–Kier alpha value is -2.35. The average Bonchev–Trinajstić information content (AvgIpc) is 2.85. The van der Waals surface area contributed by atoms with E-state index in [1.165, 1.54) is 11.1 Å². The van der Waals surface area contributed by atoms with E-state index in [1.54, 1.807) is 0 Å². The molecule has 2 nitrogen and oxygen atoms in total. The number of fused-ring (bicyclic) bond motifs is 1. The lowest BCUT2D eigenvalue weighted by Gasteiger charge is -2.06. The number of rotatable bonds is 3. The zero-order valence-corrected chi connectivity index (χ0v) is 10.9. The average molecular weight is 249 g/mol. The zero-order chi connectivity index (χ0) is 13.2. The number of para-hydroxylation sites is 2. The number of hydrogen-bond acceptors (Lipinski definition) is 2. The van der Waals surface area contributed by atoms with E-state index in [0.29, 0.717) is 5.89 Å². The van der Waals surface area contributed by atoms with Crippen LogP contribution in [0.5, 0.6) is 0 Å². The second-order valence-corrected chi connectivity index (χ2v) is 4.57. The van der Waals surface area contributed by atoms with Crippen molar-refractivity contribution in [3.8, 4) is 11.5 Å². The lowest BCUT2D eigenvalue weighted by molar-refractivity contribution is 0.619. The molecule has 1 aromatic heterocycles. The van der Waals surface area contributed by atoms with Crippen LogP contribution in [0.1, 0.15) is 11.1 Å². The molecular weight excluding hydrogens is 234 g/mol. The van der Waals surface area contributed by atoms with Gasteiger partial charge < -0.3 is 4.42 Å². The maximum atomic E-state index is 5.83. The van der Waals surface area contributed by atoms with Crippen molar-refractivity contribution >= 4 is 11.1 Å². The zero-order valence-electron chi connectivity index (χ0n) is 10.9. The fourth-order valence-electron chi connectivity index (χ4n) is 2.28. The molecule has 0 aliphatic heterocycles.